The number of pyridine rings is 1. The summed E-state index contributed by atoms with van der Waals surface area (Å²) < 4.78 is 0. The lowest BCUT2D eigenvalue weighted by Crippen LogP contribution is -2.37. The van der Waals surface area contributed by atoms with Crippen LogP contribution < -0.4 is 11.1 Å². The Bertz CT molecular complexity index is 1190. The predicted octanol–water partition coefficient (Wildman–Crippen LogP) is 2.12. The number of aromatic nitrogens is 3. The van der Waals surface area contributed by atoms with E-state index in [0.29, 0.717) is 40.5 Å². The number of amides is 2. The third kappa shape index (κ3) is 3.53. The molecule has 2 fully saturated rings. The van der Waals surface area contributed by atoms with Crippen LogP contribution in [0.3, 0.4) is 0 Å². The summed E-state index contributed by atoms with van der Waals surface area (Å²) in [5, 5.41) is 15.0. The van der Waals surface area contributed by atoms with E-state index in [4.69, 9.17) is 5.73 Å². The van der Waals surface area contributed by atoms with Gasteiger partial charge in [-0.3, -0.25) is 9.59 Å². The van der Waals surface area contributed by atoms with E-state index >= 15 is 0 Å². The Morgan fingerprint density at radius 1 is 1.34 bits per heavy atom. The number of likely N-dealkylation sites (tertiary alicyclic amines) is 1. The molecule has 10 heteroatoms. The Hall–Kier alpha value is -2.98. The summed E-state index contributed by atoms with van der Waals surface area (Å²) in [5.41, 5.74) is 8.71. The predicted molar refractivity (Wildman–Crippen MR) is 122 cm³/mol. The maximum absolute atomic E-state index is 12.2. The van der Waals surface area contributed by atoms with Crippen LogP contribution in [-0.2, 0) is 4.79 Å². The molecule has 0 aromatic carbocycles. The fraction of sp³-hybridized carbons (Fsp3) is 0.455. The van der Waals surface area contributed by atoms with Crippen LogP contribution in [0.15, 0.2) is 18.5 Å². The van der Waals surface area contributed by atoms with E-state index in [1.807, 2.05) is 12.3 Å². The minimum absolute atomic E-state index is 0.182. The van der Waals surface area contributed by atoms with Gasteiger partial charge in [0.1, 0.15) is 21.6 Å². The van der Waals surface area contributed by atoms with Gasteiger partial charge in [-0.2, -0.15) is 0 Å². The van der Waals surface area contributed by atoms with Gasteiger partial charge in [0.25, 0.3) is 11.8 Å². The van der Waals surface area contributed by atoms with Crippen LogP contribution in [0.25, 0.3) is 21.6 Å². The summed E-state index contributed by atoms with van der Waals surface area (Å²) in [6, 6.07) is 2.24. The van der Waals surface area contributed by atoms with E-state index in [-0.39, 0.29) is 11.9 Å². The highest BCUT2D eigenvalue weighted by Gasteiger charge is 2.43. The number of fused-ring (bicyclic) bond motifs is 2. The maximum atomic E-state index is 12.2. The molecule has 1 saturated heterocycles. The molecule has 3 aromatic heterocycles. The molecule has 1 aliphatic heterocycles. The number of aliphatic hydroxyl groups is 1. The van der Waals surface area contributed by atoms with E-state index in [1.54, 1.807) is 18.0 Å². The second-order valence-electron chi connectivity index (χ2n) is 8.84. The van der Waals surface area contributed by atoms with Crippen molar-refractivity contribution in [2.24, 2.45) is 17.6 Å². The molecule has 3 aromatic rings. The number of primary amides is 1. The van der Waals surface area contributed by atoms with Crippen LogP contribution in [0, 0.1) is 18.8 Å². The molecule has 1 unspecified atom stereocenters. The fourth-order valence-corrected chi connectivity index (χ4v) is 6.07. The Kier molecular flexibility index (Phi) is 5.13. The van der Waals surface area contributed by atoms with Gasteiger partial charge in [0, 0.05) is 36.9 Å². The maximum Gasteiger partial charge on any atom is 0.260 e. The summed E-state index contributed by atoms with van der Waals surface area (Å²) >= 11 is 1.28. The molecule has 2 amide bonds. The molecule has 2 aliphatic rings. The number of carbonyl (C=O) groups excluding carboxylic acids is 2. The van der Waals surface area contributed by atoms with E-state index < -0.39 is 12.0 Å². The van der Waals surface area contributed by atoms with Gasteiger partial charge < -0.3 is 26.0 Å². The third-order valence-corrected chi connectivity index (χ3v) is 7.81. The summed E-state index contributed by atoms with van der Waals surface area (Å²) in [5.74, 6) is 0.187. The van der Waals surface area contributed by atoms with Gasteiger partial charge in [0.05, 0.1) is 16.9 Å². The van der Waals surface area contributed by atoms with Crippen molar-refractivity contribution in [3.8, 4) is 10.6 Å². The van der Waals surface area contributed by atoms with Gasteiger partial charge in [0.2, 0.25) is 0 Å². The highest BCUT2D eigenvalue weighted by Crippen LogP contribution is 2.42. The zero-order chi connectivity index (χ0) is 22.6. The van der Waals surface area contributed by atoms with Crippen LogP contribution in [0.4, 0.5) is 5.69 Å². The first kappa shape index (κ1) is 20.9. The summed E-state index contributed by atoms with van der Waals surface area (Å²) in [7, 11) is 0. The lowest BCUT2D eigenvalue weighted by molar-refractivity contribution is -0.138. The van der Waals surface area contributed by atoms with Crippen LogP contribution >= 0.6 is 11.3 Å². The number of nitrogens with zero attached hydrogens (tertiary/aromatic N) is 3. The number of H-pyrrole nitrogens is 1. The molecular weight excluding hydrogens is 428 g/mol. The number of rotatable bonds is 5. The van der Waals surface area contributed by atoms with Crippen LogP contribution in [-0.4, -0.2) is 62.0 Å². The molecule has 4 atom stereocenters. The number of carbonyl (C=O) groups is 2. The first-order valence-electron chi connectivity index (χ1n) is 10.8. The van der Waals surface area contributed by atoms with Crippen LogP contribution in [0.5, 0.6) is 0 Å². The van der Waals surface area contributed by atoms with E-state index in [2.05, 4.69) is 20.3 Å². The van der Waals surface area contributed by atoms with Crippen LogP contribution in [0.2, 0.25) is 0 Å². The summed E-state index contributed by atoms with van der Waals surface area (Å²) in [6.07, 6.45) is 4.59. The number of nitrogens with two attached hydrogens (primary N) is 1. The van der Waals surface area contributed by atoms with Gasteiger partial charge >= 0.3 is 0 Å². The van der Waals surface area contributed by atoms with E-state index in [9.17, 15) is 14.7 Å². The van der Waals surface area contributed by atoms with E-state index in [0.717, 1.165) is 35.1 Å². The molecular formula is C22H26N6O3S. The van der Waals surface area contributed by atoms with Gasteiger partial charge in [-0.15, -0.1) is 11.3 Å². The van der Waals surface area contributed by atoms with Crippen molar-refractivity contribution in [1.29, 1.82) is 0 Å². The monoisotopic (exact) mass is 454 g/mol. The SMILES string of the molecule is Cc1nc(-c2cnc3[nH]ccc3c2NC2C[C@@H]3CN(C(=O)[C@H](C)O)C[C@@H]3C2)sc1C(N)=O. The van der Waals surface area contributed by atoms with Crippen molar-refractivity contribution in [3.05, 3.63) is 29.0 Å². The lowest BCUT2D eigenvalue weighted by Gasteiger charge is -2.22. The third-order valence-electron chi connectivity index (χ3n) is 6.61. The number of aryl methyl sites for hydroxylation is 1. The Morgan fingerprint density at radius 2 is 2.06 bits per heavy atom. The summed E-state index contributed by atoms with van der Waals surface area (Å²) in [6.45, 7) is 4.71. The number of thiazole rings is 1. The zero-order valence-electron chi connectivity index (χ0n) is 18.0. The van der Waals surface area contributed by atoms with E-state index in [1.165, 1.54) is 18.3 Å². The quantitative estimate of drug-likeness (QED) is 0.466. The normalized spacial score (nSPS) is 23.5. The molecule has 0 spiro atoms. The molecule has 9 nitrogen and oxygen atoms in total. The largest absolute Gasteiger partial charge is 0.384 e. The highest BCUT2D eigenvalue weighted by molar-refractivity contribution is 7.17. The van der Waals surface area contributed by atoms with Crippen LogP contribution in [0.1, 0.15) is 35.1 Å². The molecule has 1 aliphatic carbocycles. The van der Waals surface area contributed by atoms with Crippen molar-refractivity contribution in [3.63, 3.8) is 0 Å². The molecule has 168 valence electrons. The highest BCUT2D eigenvalue weighted by atomic mass is 32.1. The van der Waals surface area contributed by atoms with Gasteiger partial charge in [-0.25, -0.2) is 9.97 Å². The second kappa shape index (κ2) is 7.86. The number of hydrogen-bond donors (Lipinski definition) is 4. The molecule has 5 rings (SSSR count). The summed E-state index contributed by atoms with van der Waals surface area (Å²) in [4.78, 5) is 38.4. The Labute approximate surface area is 189 Å². The molecule has 0 radical (unpaired) electrons. The number of aromatic amines is 1. The standard InChI is InChI=1S/C22H26N6O3S/c1-10-18(19(23)30)32-21(26-10)16-7-25-20-15(3-4-24-20)17(16)27-14-5-12-8-28(9-13(12)6-14)22(31)11(2)29/h3-4,7,11-14,29H,5-6,8-9H2,1-2H3,(H2,23,30)(H2,24,25,27)/t11-,12-,13+,14?/m0/s1. The molecule has 1 saturated carbocycles. The first-order valence-corrected chi connectivity index (χ1v) is 11.6. The van der Waals surface area contributed by atoms with Gasteiger partial charge in [-0.05, 0) is 44.6 Å². The molecule has 32 heavy (non-hydrogen) atoms. The second-order valence-corrected chi connectivity index (χ2v) is 9.84. The minimum Gasteiger partial charge on any atom is -0.384 e. The average molecular weight is 455 g/mol. The topological polar surface area (TPSA) is 137 Å². The number of aliphatic hydroxyl groups excluding tert-OH is 1. The lowest BCUT2D eigenvalue weighted by atomic mass is 10.0. The fourth-order valence-electron chi connectivity index (χ4n) is 5.13. The molecule has 0 bridgehead atoms. The number of hydrogen-bond acceptors (Lipinski definition) is 7. The van der Waals surface area contributed by atoms with Crippen molar-refractivity contribution in [1.82, 2.24) is 19.9 Å². The van der Waals surface area contributed by atoms with Crippen molar-refractivity contribution < 1.29 is 14.7 Å². The van der Waals surface area contributed by atoms with Crippen molar-refractivity contribution >= 4 is 39.9 Å². The molecule has 4 heterocycles. The smallest absolute Gasteiger partial charge is 0.260 e. The number of nitrogens with one attached hydrogen (secondary N) is 2. The zero-order valence-corrected chi connectivity index (χ0v) is 18.8. The first-order chi connectivity index (χ1) is 15.3. The van der Waals surface area contributed by atoms with Crippen molar-refractivity contribution in [2.75, 3.05) is 18.4 Å². The van der Waals surface area contributed by atoms with Crippen molar-refractivity contribution in [2.45, 2.75) is 38.8 Å². The Balaban J connectivity index is 1.41. The number of anilines is 1. The molecule has 5 N–H and O–H groups in total. The minimum atomic E-state index is -0.948. The Morgan fingerprint density at radius 3 is 2.69 bits per heavy atom. The average Bonchev–Trinajstić information content (AvgIpc) is 3.49. The van der Waals surface area contributed by atoms with Gasteiger partial charge in [0.15, 0.2) is 0 Å². The van der Waals surface area contributed by atoms with Gasteiger partial charge in [-0.1, -0.05) is 0 Å².